The lowest BCUT2D eigenvalue weighted by atomic mass is 9.97. The second-order valence-electron chi connectivity index (χ2n) is 6.83. The number of aromatic nitrogens is 2. The van der Waals surface area contributed by atoms with Crippen LogP contribution in [0.25, 0.3) is 0 Å². The molecule has 0 saturated carbocycles. The van der Waals surface area contributed by atoms with Crippen molar-refractivity contribution < 1.29 is 18.0 Å². The number of aryl methyl sites for hydroxylation is 1. The van der Waals surface area contributed by atoms with Gasteiger partial charge in [0.15, 0.2) is 12.3 Å². The van der Waals surface area contributed by atoms with Gasteiger partial charge in [-0.2, -0.15) is 0 Å². The zero-order valence-electron chi connectivity index (χ0n) is 15.0. The predicted octanol–water partition coefficient (Wildman–Crippen LogP) is 3.72. The minimum atomic E-state index is -0.267. The topological polar surface area (TPSA) is 72.4 Å². The molecule has 2 aromatic heterocycles. The van der Waals surface area contributed by atoms with Crippen LogP contribution in [0.1, 0.15) is 52.2 Å². The van der Waals surface area contributed by atoms with Crippen LogP contribution in [0.2, 0.25) is 0 Å². The summed E-state index contributed by atoms with van der Waals surface area (Å²) in [6.07, 6.45) is 5.22. The van der Waals surface area contributed by atoms with E-state index in [0.717, 1.165) is 18.4 Å². The number of benzene rings is 1. The van der Waals surface area contributed by atoms with Gasteiger partial charge in [-0.15, -0.1) is 0 Å². The Morgan fingerprint density at radius 2 is 2.26 bits per heavy atom. The Hall–Kier alpha value is -2.96. The molecule has 0 N–H and O–H groups in total. The van der Waals surface area contributed by atoms with Gasteiger partial charge in [0.1, 0.15) is 11.6 Å². The van der Waals surface area contributed by atoms with Crippen molar-refractivity contribution in [3.63, 3.8) is 0 Å². The summed E-state index contributed by atoms with van der Waals surface area (Å²) in [7, 11) is 0. The first kappa shape index (κ1) is 17.5. The van der Waals surface area contributed by atoms with E-state index in [2.05, 4.69) is 9.97 Å². The first-order chi connectivity index (χ1) is 13.1. The fraction of sp³-hybridized carbons (Fsp3) is 0.350. The summed E-state index contributed by atoms with van der Waals surface area (Å²) in [6.45, 7) is 2.95. The lowest BCUT2D eigenvalue weighted by molar-refractivity contribution is 0.0664. The van der Waals surface area contributed by atoms with E-state index in [0.29, 0.717) is 36.9 Å². The summed E-state index contributed by atoms with van der Waals surface area (Å²) in [4.78, 5) is 22.8. The molecule has 0 spiro atoms. The molecule has 1 fully saturated rings. The highest BCUT2D eigenvalue weighted by atomic mass is 19.1. The fourth-order valence-electron chi connectivity index (χ4n) is 3.46. The molecule has 0 unspecified atom stereocenters. The minimum Gasteiger partial charge on any atom is -0.445 e. The van der Waals surface area contributed by atoms with Gasteiger partial charge in [0.05, 0.1) is 17.8 Å². The van der Waals surface area contributed by atoms with E-state index in [-0.39, 0.29) is 23.4 Å². The fourth-order valence-corrected chi connectivity index (χ4v) is 3.46. The van der Waals surface area contributed by atoms with Gasteiger partial charge < -0.3 is 13.7 Å². The molecule has 1 atom stereocenters. The highest BCUT2D eigenvalue weighted by Crippen LogP contribution is 2.28. The van der Waals surface area contributed by atoms with Crippen LogP contribution in [0.15, 0.2) is 45.7 Å². The van der Waals surface area contributed by atoms with E-state index < -0.39 is 0 Å². The molecule has 0 bridgehead atoms. The average molecular weight is 369 g/mol. The van der Waals surface area contributed by atoms with Crippen molar-refractivity contribution in [2.75, 3.05) is 13.1 Å². The maximum Gasteiger partial charge on any atom is 0.291 e. The van der Waals surface area contributed by atoms with Crippen molar-refractivity contribution in [3.05, 3.63) is 71.3 Å². The van der Waals surface area contributed by atoms with Gasteiger partial charge >= 0.3 is 0 Å². The summed E-state index contributed by atoms with van der Waals surface area (Å²) in [5, 5.41) is 0. The van der Waals surface area contributed by atoms with E-state index in [1.54, 1.807) is 24.1 Å². The van der Waals surface area contributed by atoms with Gasteiger partial charge in [-0.05, 0) is 37.5 Å². The summed E-state index contributed by atoms with van der Waals surface area (Å²) in [5.41, 5.74) is 1.43. The lowest BCUT2D eigenvalue weighted by Gasteiger charge is -2.30. The Morgan fingerprint density at radius 1 is 1.37 bits per heavy atom. The maximum absolute atomic E-state index is 13.3. The largest absolute Gasteiger partial charge is 0.445 e. The Bertz CT molecular complexity index is 949. The Balaban J connectivity index is 1.45. The average Bonchev–Trinajstić information content (AvgIpc) is 3.30. The standard InChI is InChI=1S/C20H20FN3O3/c1-13-18(26-12-23-13)20(25)24-7-3-5-15(11-24)19-22-10-17(27-19)9-14-4-2-6-16(21)8-14/h2,4,6,8,10,12,15H,3,5,7,9,11H2,1H3/t15-/m0/s1. The van der Waals surface area contributed by atoms with E-state index in [4.69, 9.17) is 8.83 Å². The van der Waals surface area contributed by atoms with E-state index in [1.165, 1.54) is 18.5 Å². The SMILES string of the molecule is Cc1ncoc1C(=O)N1CCC[C@H](c2ncc(Cc3cccc(F)c3)o2)C1. The van der Waals surface area contributed by atoms with Gasteiger partial charge in [-0.3, -0.25) is 4.79 Å². The van der Waals surface area contributed by atoms with Gasteiger partial charge in [-0.25, -0.2) is 14.4 Å². The number of halogens is 1. The number of hydrogen-bond donors (Lipinski definition) is 0. The molecule has 3 heterocycles. The Morgan fingerprint density at radius 3 is 3.04 bits per heavy atom. The minimum absolute atomic E-state index is 0.0344. The van der Waals surface area contributed by atoms with E-state index >= 15 is 0 Å². The number of oxazole rings is 2. The quantitative estimate of drug-likeness (QED) is 0.701. The monoisotopic (exact) mass is 369 g/mol. The van der Waals surface area contributed by atoms with Crippen LogP contribution in [0.3, 0.4) is 0 Å². The third-order valence-electron chi connectivity index (χ3n) is 4.84. The Labute approximate surface area is 156 Å². The van der Waals surface area contributed by atoms with Crippen LogP contribution in [0.4, 0.5) is 4.39 Å². The van der Waals surface area contributed by atoms with Crippen LogP contribution < -0.4 is 0 Å². The summed E-state index contributed by atoms with van der Waals surface area (Å²) < 4.78 is 24.5. The van der Waals surface area contributed by atoms with Crippen molar-refractivity contribution in [2.45, 2.75) is 32.1 Å². The molecule has 1 aromatic carbocycles. The molecule has 7 heteroatoms. The number of carbonyl (C=O) groups is 1. The van der Waals surface area contributed by atoms with Crippen LogP contribution in [0.5, 0.6) is 0 Å². The zero-order valence-corrected chi connectivity index (χ0v) is 15.0. The van der Waals surface area contributed by atoms with E-state index in [1.807, 2.05) is 6.07 Å². The number of nitrogens with zero attached hydrogens (tertiary/aromatic N) is 3. The number of amides is 1. The molecule has 0 radical (unpaired) electrons. The van der Waals surface area contributed by atoms with Gasteiger partial charge in [0.2, 0.25) is 5.76 Å². The van der Waals surface area contributed by atoms with Crippen LogP contribution in [-0.2, 0) is 6.42 Å². The molecule has 4 rings (SSSR count). The number of hydrogen-bond acceptors (Lipinski definition) is 5. The summed E-state index contributed by atoms with van der Waals surface area (Å²) in [6, 6.07) is 6.44. The van der Waals surface area contributed by atoms with Crippen LogP contribution >= 0.6 is 0 Å². The number of carbonyl (C=O) groups excluding carboxylic acids is 1. The zero-order chi connectivity index (χ0) is 18.8. The third kappa shape index (κ3) is 3.77. The van der Waals surface area contributed by atoms with Gasteiger partial charge in [0, 0.05) is 19.5 Å². The van der Waals surface area contributed by atoms with Crippen molar-refractivity contribution >= 4 is 5.91 Å². The molecular formula is C20H20FN3O3. The maximum atomic E-state index is 13.3. The third-order valence-corrected chi connectivity index (χ3v) is 4.84. The molecule has 27 heavy (non-hydrogen) atoms. The highest BCUT2D eigenvalue weighted by molar-refractivity contribution is 5.92. The number of rotatable bonds is 4. The molecule has 1 aliphatic rings. The second-order valence-corrected chi connectivity index (χ2v) is 6.83. The second kappa shape index (κ2) is 7.34. The van der Waals surface area contributed by atoms with Crippen molar-refractivity contribution in [3.8, 4) is 0 Å². The molecule has 3 aromatic rings. The molecule has 1 saturated heterocycles. The van der Waals surface area contributed by atoms with Crippen LogP contribution in [0, 0.1) is 12.7 Å². The highest BCUT2D eigenvalue weighted by Gasteiger charge is 2.30. The molecular weight excluding hydrogens is 349 g/mol. The van der Waals surface area contributed by atoms with E-state index in [9.17, 15) is 9.18 Å². The molecule has 140 valence electrons. The molecule has 6 nitrogen and oxygen atoms in total. The predicted molar refractivity (Wildman–Crippen MR) is 94.8 cm³/mol. The summed E-state index contributed by atoms with van der Waals surface area (Å²) >= 11 is 0. The van der Waals surface area contributed by atoms with Gasteiger partial charge in [0.25, 0.3) is 5.91 Å². The molecule has 0 aliphatic carbocycles. The lowest BCUT2D eigenvalue weighted by Crippen LogP contribution is -2.39. The number of likely N-dealkylation sites (tertiary alicyclic amines) is 1. The number of piperidine rings is 1. The summed E-state index contributed by atoms with van der Waals surface area (Å²) in [5.74, 6) is 1.21. The van der Waals surface area contributed by atoms with Crippen molar-refractivity contribution in [1.29, 1.82) is 0 Å². The van der Waals surface area contributed by atoms with Crippen LogP contribution in [-0.4, -0.2) is 33.9 Å². The Kier molecular flexibility index (Phi) is 4.75. The van der Waals surface area contributed by atoms with Crippen molar-refractivity contribution in [2.24, 2.45) is 0 Å². The smallest absolute Gasteiger partial charge is 0.291 e. The normalized spacial score (nSPS) is 17.3. The van der Waals surface area contributed by atoms with Crippen molar-refractivity contribution in [1.82, 2.24) is 14.9 Å². The van der Waals surface area contributed by atoms with Gasteiger partial charge in [-0.1, -0.05) is 12.1 Å². The first-order valence-corrected chi connectivity index (χ1v) is 8.98. The molecule has 1 amide bonds. The first-order valence-electron chi connectivity index (χ1n) is 8.98. The molecule has 1 aliphatic heterocycles.